The lowest BCUT2D eigenvalue weighted by Crippen LogP contribution is -2.25. The van der Waals surface area contributed by atoms with Crippen LogP contribution in [0.4, 0.5) is 4.39 Å². The minimum absolute atomic E-state index is 0.0437. The average Bonchev–Trinajstić information content (AvgIpc) is 2.87. The number of hydrogen-bond donors (Lipinski definition) is 1. The highest BCUT2D eigenvalue weighted by molar-refractivity contribution is 7.05. The minimum atomic E-state index is -0.193. The normalized spacial score (nSPS) is 13.4. The van der Waals surface area contributed by atoms with Crippen molar-refractivity contribution < 1.29 is 4.39 Å². The molecular weight excluding hydrogens is 285 g/mol. The molecule has 0 aliphatic heterocycles. The third-order valence-electron chi connectivity index (χ3n) is 3.32. The number of nitrogens with one attached hydrogen (secondary N) is 1. The van der Waals surface area contributed by atoms with Crippen molar-refractivity contribution in [2.75, 3.05) is 6.54 Å². The van der Waals surface area contributed by atoms with Crippen LogP contribution in [0.15, 0.2) is 24.3 Å². The average molecular weight is 307 g/mol. The van der Waals surface area contributed by atoms with Crippen molar-refractivity contribution in [1.82, 2.24) is 14.9 Å². The van der Waals surface area contributed by atoms with E-state index in [0.29, 0.717) is 0 Å². The maximum atomic E-state index is 13.4. The molecule has 5 heteroatoms. The first-order chi connectivity index (χ1) is 9.91. The van der Waals surface area contributed by atoms with Gasteiger partial charge in [-0.05, 0) is 42.2 Å². The largest absolute Gasteiger partial charge is 0.309 e. The Hall–Kier alpha value is -1.33. The van der Waals surface area contributed by atoms with Gasteiger partial charge in [0.05, 0.1) is 10.6 Å². The monoisotopic (exact) mass is 307 g/mol. The van der Waals surface area contributed by atoms with Gasteiger partial charge >= 0.3 is 0 Å². The summed E-state index contributed by atoms with van der Waals surface area (Å²) in [7, 11) is 0. The van der Waals surface area contributed by atoms with Crippen LogP contribution in [-0.4, -0.2) is 16.1 Å². The molecule has 0 radical (unpaired) electrons. The molecule has 0 spiro atoms. The fourth-order valence-electron chi connectivity index (χ4n) is 2.35. The number of nitrogens with zero attached hydrogens (tertiary/aromatic N) is 2. The number of hydrogen-bond acceptors (Lipinski definition) is 4. The van der Waals surface area contributed by atoms with E-state index in [4.69, 9.17) is 0 Å². The van der Waals surface area contributed by atoms with Crippen LogP contribution in [-0.2, 0) is 11.8 Å². The molecule has 1 N–H and O–H groups in total. The van der Waals surface area contributed by atoms with Gasteiger partial charge in [0.1, 0.15) is 5.82 Å². The summed E-state index contributed by atoms with van der Waals surface area (Å²) >= 11 is 1.43. The fraction of sp³-hybridized carbons (Fsp3) is 0.500. The van der Waals surface area contributed by atoms with Crippen LogP contribution in [0.25, 0.3) is 0 Å². The highest BCUT2D eigenvalue weighted by Crippen LogP contribution is 2.32. The molecule has 1 heterocycles. The molecule has 1 aromatic carbocycles. The van der Waals surface area contributed by atoms with Gasteiger partial charge in [0.25, 0.3) is 0 Å². The second-order valence-corrected chi connectivity index (χ2v) is 6.97. The van der Waals surface area contributed by atoms with Crippen LogP contribution in [0.3, 0.4) is 0 Å². The molecular formula is C16H22FN3S. The Kier molecular flexibility index (Phi) is 5.06. The number of rotatable bonds is 5. The van der Waals surface area contributed by atoms with Crippen molar-refractivity contribution in [2.45, 2.75) is 45.6 Å². The maximum Gasteiger partial charge on any atom is 0.123 e. The standard InChI is InChI=1S/C16H22FN3S/c1-5-18-13(10-11-7-6-8-12(17)9-11)14-15(16(2,3)4)19-20-21-14/h6-9,13,18H,5,10H2,1-4H3. The summed E-state index contributed by atoms with van der Waals surface area (Å²) in [6, 6.07) is 6.89. The summed E-state index contributed by atoms with van der Waals surface area (Å²) in [4.78, 5) is 1.15. The molecule has 0 bridgehead atoms. The first kappa shape index (κ1) is 16.0. The van der Waals surface area contributed by atoms with Crippen LogP contribution in [0.5, 0.6) is 0 Å². The van der Waals surface area contributed by atoms with Crippen LogP contribution in [0.2, 0.25) is 0 Å². The van der Waals surface area contributed by atoms with Crippen molar-refractivity contribution in [3.8, 4) is 0 Å². The Morgan fingerprint density at radius 3 is 2.71 bits per heavy atom. The van der Waals surface area contributed by atoms with E-state index in [9.17, 15) is 4.39 Å². The predicted molar refractivity (Wildman–Crippen MR) is 85.1 cm³/mol. The molecule has 2 aromatic rings. The molecule has 21 heavy (non-hydrogen) atoms. The quantitative estimate of drug-likeness (QED) is 0.911. The smallest absolute Gasteiger partial charge is 0.123 e. The Labute approximate surface area is 129 Å². The molecule has 0 saturated heterocycles. The van der Waals surface area contributed by atoms with E-state index in [1.165, 1.54) is 17.6 Å². The second-order valence-electron chi connectivity index (χ2n) is 6.18. The molecule has 0 aliphatic carbocycles. The zero-order chi connectivity index (χ0) is 15.5. The van der Waals surface area contributed by atoms with Crippen LogP contribution >= 0.6 is 11.5 Å². The van der Waals surface area contributed by atoms with Gasteiger partial charge in [-0.1, -0.05) is 44.3 Å². The molecule has 114 valence electrons. The van der Waals surface area contributed by atoms with E-state index in [0.717, 1.165) is 29.1 Å². The third kappa shape index (κ3) is 4.08. The van der Waals surface area contributed by atoms with Gasteiger partial charge in [0.2, 0.25) is 0 Å². The highest BCUT2D eigenvalue weighted by atomic mass is 32.1. The van der Waals surface area contributed by atoms with E-state index in [1.807, 2.05) is 6.07 Å². The molecule has 0 saturated carbocycles. The first-order valence-corrected chi connectivity index (χ1v) is 7.99. The first-order valence-electron chi connectivity index (χ1n) is 7.22. The number of likely N-dealkylation sites (N-methyl/N-ethyl adjacent to an activating group) is 1. The lowest BCUT2D eigenvalue weighted by atomic mass is 9.89. The van der Waals surface area contributed by atoms with E-state index < -0.39 is 0 Å². The van der Waals surface area contributed by atoms with E-state index in [2.05, 4.69) is 42.6 Å². The summed E-state index contributed by atoms with van der Waals surface area (Å²) in [6.07, 6.45) is 0.735. The fourth-order valence-corrected chi connectivity index (χ4v) is 3.29. The number of benzene rings is 1. The van der Waals surface area contributed by atoms with Crippen molar-refractivity contribution in [1.29, 1.82) is 0 Å². The summed E-state index contributed by atoms with van der Waals surface area (Å²) in [5.74, 6) is -0.193. The van der Waals surface area contributed by atoms with Gasteiger partial charge in [-0.25, -0.2) is 4.39 Å². The SMILES string of the molecule is CCNC(Cc1cccc(F)c1)c1snnc1C(C)(C)C. The Morgan fingerprint density at radius 1 is 1.33 bits per heavy atom. The molecule has 1 unspecified atom stereocenters. The zero-order valence-electron chi connectivity index (χ0n) is 13.0. The topological polar surface area (TPSA) is 37.8 Å². The Balaban J connectivity index is 2.29. The number of halogens is 1. The van der Waals surface area contributed by atoms with Gasteiger partial charge in [0, 0.05) is 11.5 Å². The summed E-state index contributed by atoms with van der Waals surface area (Å²) in [6.45, 7) is 9.33. The lowest BCUT2D eigenvalue weighted by Gasteiger charge is -2.22. The van der Waals surface area contributed by atoms with Gasteiger partial charge < -0.3 is 5.32 Å². The van der Waals surface area contributed by atoms with Crippen molar-refractivity contribution in [3.63, 3.8) is 0 Å². The Morgan fingerprint density at radius 2 is 2.10 bits per heavy atom. The van der Waals surface area contributed by atoms with Gasteiger partial charge in [-0.15, -0.1) is 5.10 Å². The van der Waals surface area contributed by atoms with Gasteiger partial charge in [-0.2, -0.15) is 0 Å². The van der Waals surface area contributed by atoms with E-state index >= 15 is 0 Å². The van der Waals surface area contributed by atoms with Gasteiger partial charge in [-0.3, -0.25) is 0 Å². The zero-order valence-corrected chi connectivity index (χ0v) is 13.8. The molecule has 0 aliphatic rings. The van der Waals surface area contributed by atoms with Crippen molar-refractivity contribution >= 4 is 11.5 Å². The predicted octanol–water partition coefficient (Wildman–Crippen LogP) is 3.87. The molecule has 0 fully saturated rings. The molecule has 1 aromatic heterocycles. The molecule has 0 amide bonds. The highest BCUT2D eigenvalue weighted by Gasteiger charge is 2.27. The Bertz CT molecular complexity index is 589. The molecule has 3 nitrogen and oxygen atoms in total. The number of aromatic nitrogens is 2. The summed E-state index contributed by atoms with van der Waals surface area (Å²) in [5, 5.41) is 7.78. The van der Waals surface area contributed by atoms with E-state index in [-0.39, 0.29) is 17.3 Å². The second kappa shape index (κ2) is 6.62. The molecule has 1 atom stereocenters. The maximum absolute atomic E-state index is 13.4. The van der Waals surface area contributed by atoms with Crippen LogP contribution in [0.1, 0.15) is 49.9 Å². The molecule has 2 rings (SSSR count). The van der Waals surface area contributed by atoms with Gasteiger partial charge in [0.15, 0.2) is 0 Å². The lowest BCUT2D eigenvalue weighted by molar-refractivity contribution is 0.513. The van der Waals surface area contributed by atoms with Crippen molar-refractivity contribution in [2.24, 2.45) is 0 Å². The summed E-state index contributed by atoms with van der Waals surface area (Å²) < 4.78 is 17.5. The van der Waals surface area contributed by atoms with Crippen molar-refractivity contribution in [3.05, 3.63) is 46.2 Å². The van der Waals surface area contributed by atoms with Crippen LogP contribution in [0, 0.1) is 5.82 Å². The summed E-state index contributed by atoms with van der Waals surface area (Å²) in [5.41, 5.74) is 1.96. The van der Waals surface area contributed by atoms with Crippen LogP contribution < -0.4 is 5.32 Å². The van der Waals surface area contributed by atoms with E-state index in [1.54, 1.807) is 12.1 Å². The third-order valence-corrected chi connectivity index (χ3v) is 4.16. The minimum Gasteiger partial charge on any atom is -0.309 e.